The first-order valence-corrected chi connectivity index (χ1v) is 13.7. The Labute approximate surface area is 246 Å². The van der Waals surface area contributed by atoms with E-state index >= 15 is 0 Å². The summed E-state index contributed by atoms with van der Waals surface area (Å²) >= 11 is 0. The number of aryl methyl sites for hydroxylation is 2. The van der Waals surface area contributed by atoms with E-state index in [1.54, 1.807) is 12.1 Å². The summed E-state index contributed by atoms with van der Waals surface area (Å²) in [4.78, 5) is 43.2. The minimum Gasteiger partial charge on any atom is -0.355 e. The number of rotatable bonds is 8. The molecule has 0 saturated carbocycles. The average molecular weight is 587 g/mol. The number of anilines is 1. The first-order valence-electron chi connectivity index (χ1n) is 13.7. The fourth-order valence-corrected chi connectivity index (χ4v) is 5.65. The zero-order valence-corrected chi connectivity index (χ0v) is 23.7. The van der Waals surface area contributed by atoms with Crippen molar-refractivity contribution >= 4 is 23.4 Å². The Kier molecular flexibility index (Phi) is 8.29. The van der Waals surface area contributed by atoms with Crippen molar-refractivity contribution in [2.45, 2.75) is 38.6 Å². The van der Waals surface area contributed by atoms with E-state index in [9.17, 15) is 27.6 Å². The summed E-state index contributed by atoms with van der Waals surface area (Å²) in [7, 11) is 1.39. The highest BCUT2D eigenvalue weighted by Crippen LogP contribution is 2.38. The van der Waals surface area contributed by atoms with Gasteiger partial charge in [-0.15, -0.1) is 0 Å². The van der Waals surface area contributed by atoms with E-state index < -0.39 is 41.2 Å². The van der Waals surface area contributed by atoms with Gasteiger partial charge in [0.05, 0.1) is 23.2 Å². The number of nitrogens with one attached hydrogen (secondary N) is 3. The number of pyridine rings is 1. The summed E-state index contributed by atoms with van der Waals surface area (Å²) in [5.41, 5.74) is 4.62. The highest BCUT2D eigenvalue weighted by atomic mass is 19.1. The number of hydrogen-bond acceptors (Lipinski definition) is 4. The monoisotopic (exact) mass is 586 g/mol. The first-order chi connectivity index (χ1) is 20.5. The van der Waals surface area contributed by atoms with Crippen molar-refractivity contribution in [3.63, 3.8) is 0 Å². The van der Waals surface area contributed by atoms with Gasteiger partial charge in [-0.3, -0.25) is 19.4 Å². The number of carbonyl (C=O) groups excluding carboxylic acids is 3. The van der Waals surface area contributed by atoms with Gasteiger partial charge in [-0.05, 0) is 84.5 Å². The fourth-order valence-electron chi connectivity index (χ4n) is 5.65. The van der Waals surface area contributed by atoms with Crippen molar-refractivity contribution in [3.8, 4) is 11.1 Å². The van der Waals surface area contributed by atoms with Gasteiger partial charge in [-0.25, -0.2) is 13.2 Å². The summed E-state index contributed by atoms with van der Waals surface area (Å²) in [5.74, 6) is -4.39. The zero-order valence-electron chi connectivity index (χ0n) is 23.7. The molecule has 10 heteroatoms. The summed E-state index contributed by atoms with van der Waals surface area (Å²) in [5, 5.41) is 8.17. The van der Waals surface area contributed by atoms with Gasteiger partial charge >= 0.3 is 0 Å². The SMILES string of the molecule is CNC(=O)c1cc(-c2cccnc2[C@H](Cc2cc(F)cc(F)c2)NC(=O)CC2C(=O)Nc3cc(C)cc(C)c32)ccc1F. The van der Waals surface area contributed by atoms with Crippen molar-refractivity contribution in [1.29, 1.82) is 0 Å². The highest BCUT2D eigenvalue weighted by Gasteiger charge is 2.34. The maximum atomic E-state index is 14.5. The molecular formula is C33H29F3N4O3. The summed E-state index contributed by atoms with van der Waals surface area (Å²) < 4.78 is 42.7. The van der Waals surface area contributed by atoms with Gasteiger partial charge in [0.2, 0.25) is 11.8 Å². The normalized spacial score (nSPS) is 14.6. The molecule has 2 atom stereocenters. The Morgan fingerprint density at radius 1 is 1.00 bits per heavy atom. The summed E-state index contributed by atoms with van der Waals surface area (Å²) in [6.07, 6.45) is 1.29. The lowest BCUT2D eigenvalue weighted by atomic mass is 9.91. The molecule has 1 aliphatic heterocycles. The molecule has 0 aliphatic carbocycles. The molecule has 0 radical (unpaired) electrons. The second-order valence-corrected chi connectivity index (χ2v) is 10.6. The lowest BCUT2D eigenvalue weighted by Crippen LogP contribution is -2.33. The molecule has 0 spiro atoms. The molecule has 1 aliphatic rings. The molecule has 0 fully saturated rings. The van der Waals surface area contributed by atoms with Gasteiger partial charge in [0.15, 0.2) is 0 Å². The highest BCUT2D eigenvalue weighted by molar-refractivity contribution is 6.05. The molecule has 3 amide bonds. The van der Waals surface area contributed by atoms with E-state index in [1.807, 2.05) is 26.0 Å². The molecule has 7 nitrogen and oxygen atoms in total. The molecular weight excluding hydrogens is 557 g/mol. The molecule has 1 unspecified atom stereocenters. The van der Waals surface area contributed by atoms with Crippen molar-refractivity contribution in [3.05, 3.63) is 118 Å². The second-order valence-electron chi connectivity index (χ2n) is 10.6. The smallest absolute Gasteiger partial charge is 0.254 e. The van der Waals surface area contributed by atoms with Crippen LogP contribution in [-0.4, -0.2) is 29.8 Å². The molecule has 0 saturated heterocycles. The molecule has 3 N–H and O–H groups in total. The largest absolute Gasteiger partial charge is 0.355 e. The van der Waals surface area contributed by atoms with Gasteiger partial charge in [-0.1, -0.05) is 18.2 Å². The van der Waals surface area contributed by atoms with Gasteiger partial charge in [0.25, 0.3) is 5.91 Å². The molecule has 43 heavy (non-hydrogen) atoms. The predicted octanol–water partition coefficient (Wildman–Crippen LogP) is 5.67. The van der Waals surface area contributed by atoms with Crippen LogP contribution in [0, 0.1) is 31.3 Å². The molecule has 5 rings (SSSR count). The van der Waals surface area contributed by atoms with Crippen LogP contribution in [0.15, 0.2) is 66.9 Å². The number of fused-ring (bicyclic) bond motifs is 1. The van der Waals surface area contributed by atoms with Crippen molar-refractivity contribution < 1.29 is 27.6 Å². The van der Waals surface area contributed by atoms with Gasteiger partial charge in [0, 0.05) is 37.0 Å². The second kappa shape index (κ2) is 12.1. The van der Waals surface area contributed by atoms with E-state index in [-0.39, 0.29) is 29.9 Å². The van der Waals surface area contributed by atoms with Crippen LogP contribution in [0.3, 0.4) is 0 Å². The number of amides is 3. The Morgan fingerprint density at radius 3 is 2.47 bits per heavy atom. The van der Waals surface area contributed by atoms with E-state index in [1.165, 1.54) is 37.5 Å². The number of aromatic nitrogens is 1. The van der Waals surface area contributed by atoms with Crippen LogP contribution in [0.4, 0.5) is 18.9 Å². The zero-order chi connectivity index (χ0) is 30.8. The fraction of sp³-hybridized carbons (Fsp3) is 0.212. The molecule has 2 heterocycles. The molecule has 220 valence electrons. The van der Waals surface area contributed by atoms with Crippen LogP contribution in [0.25, 0.3) is 11.1 Å². The number of hydrogen-bond donors (Lipinski definition) is 3. The van der Waals surface area contributed by atoms with Gasteiger partial charge in [-0.2, -0.15) is 0 Å². The van der Waals surface area contributed by atoms with E-state index in [4.69, 9.17) is 0 Å². The lowest BCUT2D eigenvalue weighted by Gasteiger charge is -2.22. The van der Waals surface area contributed by atoms with Crippen LogP contribution in [0.1, 0.15) is 56.7 Å². The number of nitrogens with zero attached hydrogens (tertiary/aromatic N) is 1. The Bertz CT molecular complexity index is 1740. The van der Waals surface area contributed by atoms with Crippen LogP contribution < -0.4 is 16.0 Å². The third kappa shape index (κ3) is 6.28. The maximum Gasteiger partial charge on any atom is 0.254 e. The number of benzene rings is 3. The molecule has 0 bridgehead atoms. The number of carbonyl (C=O) groups is 3. The minimum atomic E-state index is -0.901. The van der Waals surface area contributed by atoms with Crippen molar-refractivity contribution in [2.24, 2.45) is 0 Å². The number of halogens is 3. The van der Waals surface area contributed by atoms with E-state index in [0.29, 0.717) is 22.5 Å². The third-order valence-corrected chi connectivity index (χ3v) is 7.46. The summed E-state index contributed by atoms with van der Waals surface area (Å²) in [6.45, 7) is 3.80. The first kappa shape index (κ1) is 29.5. The molecule has 3 aromatic carbocycles. The predicted molar refractivity (Wildman–Crippen MR) is 156 cm³/mol. The third-order valence-electron chi connectivity index (χ3n) is 7.46. The summed E-state index contributed by atoms with van der Waals surface area (Å²) in [6, 6.07) is 13.3. The van der Waals surface area contributed by atoms with E-state index in [2.05, 4.69) is 20.9 Å². The van der Waals surface area contributed by atoms with Crippen molar-refractivity contribution in [2.75, 3.05) is 12.4 Å². The quantitative estimate of drug-likeness (QED) is 0.248. The van der Waals surface area contributed by atoms with E-state index in [0.717, 1.165) is 28.8 Å². The topological polar surface area (TPSA) is 100 Å². The van der Waals surface area contributed by atoms with Crippen molar-refractivity contribution in [1.82, 2.24) is 15.6 Å². The van der Waals surface area contributed by atoms with Crippen LogP contribution in [0.2, 0.25) is 0 Å². The van der Waals surface area contributed by atoms with Crippen LogP contribution in [-0.2, 0) is 16.0 Å². The maximum absolute atomic E-state index is 14.5. The molecule has 4 aromatic rings. The lowest BCUT2D eigenvalue weighted by molar-refractivity contribution is -0.125. The van der Waals surface area contributed by atoms with Gasteiger partial charge in [0.1, 0.15) is 17.5 Å². The Balaban J connectivity index is 1.52. The van der Waals surface area contributed by atoms with Gasteiger partial charge < -0.3 is 16.0 Å². The van der Waals surface area contributed by atoms with Crippen LogP contribution >= 0.6 is 0 Å². The standard InChI is InChI=1S/C33H29F3N4O3/c1-17-9-18(2)30-25(33(43)40-27(30)10-17)16-29(41)39-28(13-19-11-21(34)15-22(35)12-19)31-23(5-4-8-38-31)20-6-7-26(36)24(14-20)32(42)37-3/h4-12,14-15,25,28H,13,16H2,1-3H3,(H,37,42)(H,39,41)(H,40,43)/t25?,28-/m0/s1. The Morgan fingerprint density at radius 2 is 1.74 bits per heavy atom. The van der Waals surface area contributed by atoms with Crippen LogP contribution in [0.5, 0.6) is 0 Å². The minimum absolute atomic E-state index is 0.0421. The Hall–Kier alpha value is -4.99. The average Bonchev–Trinajstić information content (AvgIpc) is 3.26. The molecule has 1 aromatic heterocycles.